The number of rotatable bonds is 4. The number of halogens is 1. The fraction of sp³-hybridized carbons (Fsp3) is 0.538. The van der Waals surface area contributed by atoms with Crippen molar-refractivity contribution in [2.75, 3.05) is 18.4 Å². The summed E-state index contributed by atoms with van der Waals surface area (Å²) in [5.74, 6) is 0. The van der Waals surface area contributed by atoms with Crippen LogP contribution in [0.5, 0.6) is 0 Å². The average molecular weight is 257 g/mol. The molecule has 3 nitrogen and oxygen atoms in total. The van der Waals surface area contributed by atoms with Gasteiger partial charge in [0.1, 0.15) is 0 Å². The van der Waals surface area contributed by atoms with E-state index in [1.54, 1.807) is 6.92 Å². The maximum absolute atomic E-state index is 9.15. The summed E-state index contributed by atoms with van der Waals surface area (Å²) in [4.78, 5) is 0. The van der Waals surface area contributed by atoms with Crippen molar-refractivity contribution in [3.8, 4) is 0 Å². The van der Waals surface area contributed by atoms with Crippen molar-refractivity contribution in [2.45, 2.75) is 32.4 Å². The van der Waals surface area contributed by atoms with E-state index < -0.39 is 0 Å². The first-order valence-electron chi connectivity index (χ1n) is 6.00. The van der Waals surface area contributed by atoms with Crippen molar-refractivity contribution in [3.05, 3.63) is 29.3 Å². The van der Waals surface area contributed by atoms with Crippen molar-refractivity contribution in [3.63, 3.8) is 0 Å². The lowest BCUT2D eigenvalue weighted by Gasteiger charge is -2.18. The van der Waals surface area contributed by atoms with Crippen LogP contribution in [0.25, 0.3) is 0 Å². The quantitative estimate of drug-likeness (QED) is 0.772. The molecular weight excluding hydrogens is 236 g/mol. The second-order valence-corrected chi connectivity index (χ2v) is 4.50. The summed E-state index contributed by atoms with van der Waals surface area (Å²) < 4.78 is 0. The maximum Gasteiger partial charge on any atom is 0.0636 e. The van der Waals surface area contributed by atoms with Gasteiger partial charge in [-0.2, -0.15) is 0 Å². The van der Waals surface area contributed by atoms with Crippen molar-refractivity contribution < 1.29 is 5.11 Å². The van der Waals surface area contributed by atoms with Crippen LogP contribution in [0.4, 0.5) is 5.69 Å². The highest BCUT2D eigenvalue weighted by Crippen LogP contribution is 2.22. The van der Waals surface area contributed by atoms with Crippen LogP contribution in [-0.2, 0) is 13.0 Å². The number of anilines is 1. The molecule has 0 bridgehead atoms. The second-order valence-electron chi connectivity index (χ2n) is 4.50. The van der Waals surface area contributed by atoms with Gasteiger partial charge in [0.2, 0.25) is 0 Å². The molecule has 1 aliphatic heterocycles. The standard InChI is InChI=1S/C13H20N2O.ClH/c1-10(16)8-14-9-11-4-5-13-12(7-11)3-2-6-15-13;/h4-5,7,10,14-16H,2-3,6,8-9H2,1H3;1H. The van der Waals surface area contributed by atoms with Gasteiger partial charge in [0.15, 0.2) is 0 Å². The maximum atomic E-state index is 9.15. The van der Waals surface area contributed by atoms with Crippen molar-refractivity contribution in [1.82, 2.24) is 5.32 Å². The Kier molecular flexibility index (Phi) is 5.75. The molecule has 0 spiro atoms. The SMILES string of the molecule is CC(O)CNCc1ccc2c(c1)CCCN2.Cl. The Bertz CT molecular complexity index is 355. The molecule has 4 heteroatoms. The van der Waals surface area contributed by atoms with Crippen LogP contribution in [0.1, 0.15) is 24.5 Å². The molecule has 1 aromatic rings. The Hall–Kier alpha value is -0.770. The van der Waals surface area contributed by atoms with Gasteiger partial charge < -0.3 is 15.7 Å². The van der Waals surface area contributed by atoms with E-state index in [2.05, 4.69) is 28.8 Å². The third-order valence-electron chi connectivity index (χ3n) is 2.88. The largest absolute Gasteiger partial charge is 0.392 e. The summed E-state index contributed by atoms with van der Waals surface area (Å²) in [7, 11) is 0. The van der Waals surface area contributed by atoms with Crippen LogP contribution >= 0.6 is 12.4 Å². The normalized spacial score (nSPS) is 15.4. The molecule has 1 aromatic carbocycles. The molecule has 0 radical (unpaired) electrons. The van der Waals surface area contributed by atoms with E-state index in [4.69, 9.17) is 5.11 Å². The molecule has 1 heterocycles. The minimum absolute atomic E-state index is 0. The smallest absolute Gasteiger partial charge is 0.0636 e. The molecule has 0 amide bonds. The summed E-state index contributed by atoms with van der Waals surface area (Å²) in [6.07, 6.45) is 2.11. The van der Waals surface area contributed by atoms with Gasteiger partial charge in [0.25, 0.3) is 0 Å². The zero-order valence-electron chi connectivity index (χ0n) is 10.2. The lowest BCUT2D eigenvalue weighted by Crippen LogP contribution is -2.24. The first-order chi connectivity index (χ1) is 7.75. The Morgan fingerprint density at radius 2 is 2.29 bits per heavy atom. The van der Waals surface area contributed by atoms with Crippen LogP contribution in [-0.4, -0.2) is 24.3 Å². The Labute approximate surface area is 109 Å². The zero-order valence-corrected chi connectivity index (χ0v) is 11.0. The summed E-state index contributed by atoms with van der Waals surface area (Å²) in [5.41, 5.74) is 4.00. The lowest BCUT2D eigenvalue weighted by atomic mass is 10.0. The average Bonchev–Trinajstić information content (AvgIpc) is 2.28. The lowest BCUT2D eigenvalue weighted by molar-refractivity contribution is 0.191. The molecule has 0 aromatic heterocycles. The number of nitrogens with one attached hydrogen (secondary N) is 2. The fourth-order valence-corrected chi connectivity index (χ4v) is 2.06. The number of hydrogen-bond donors (Lipinski definition) is 3. The highest BCUT2D eigenvalue weighted by atomic mass is 35.5. The monoisotopic (exact) mass is 256 g/mol. The van der Waals surface area contributed by atoms with Gasteiger partial charge in [-0.1, -0.05) is 12.1 Å². The van der Waals surface area contributed by atoms with Crippen LogP contribution in [0.15, 0.2) is 18.2 Å². The third-order valence-corrected chi connectivity index (χ3v) is 2.88. The van der Waals surface area contributed by atoms with Gasteiger partial charge in [-0.15, -0.1) is 12.4 Å². The number of hydrogen-bond acceptors (Lipinski definition) is 3. The van der Waals surface area contributed by atoms with Gasteiger partial charge in [0.05, 0.1) is 6.10 Å². The predicted molar refractivity (Wildman–Crippen MR) is 73.9 cm³/mol. The highest BCUT2D eigenvalue weighted by Gasteiger charge is 2.08. The van der Waals surface area contributed by atoms with E-state index in [1.807, 2.05) is 0 Å². The molecule has 17 heavy (non-hydrogen) atoms. The fourth-order valence-electron chi connectivity index (χ4n) is 2.06. The van der Waals surface area contributed by atoms with Gasteiger partial charge >= 0.3 is 0 Å². The van der Waals surface area contributed by atoms with Gasteiger partial charge in [-0.05, 0) is 37.0 Å². The summed E-state index contributed by atoms with van der Waals surface area (Å²) in [6.45, 7) is 4.36. The zero-order chi connectivity index (χ0) is 11.4. The molecule has 96 valence electrons. The van der Waals surface area contributed by atoms with Crippen LogP contribution < -0.4 is 10.6 Å². The predicted octanol–water partition coefficient (Wildman–Crippen LogP) is 1.94. The Morgan fingerprint density at radius 3 is 3.06 bits per heavy atom. The van der Waals surface area contributed by atoms with Crippen molar-refractivity contribution >= 4 is 18.1 Å². The number of aliphatic hydroxyl groups is 1. The molecule has 0 saturated carbocycles. The van der Waals surface area contributed by atoms with Crippen molar-refractivity contribution in [2.24, 2.45) is 0 Å². The molecule has 1 atom stereocenters. The van der Waals surface area contributed by atoms with E-state index in [-0.39, 0.29) is 18.5 Å². The third kappa shape index (κ3) is 4.19. The minimum Gasteiger partial charge on any atom is -0.392 e. The number of aliphatic hydroxyl groups excluding tert-OH is 1. The van der Waals surface area contributed by atoms with Crippen LogP contribution in [0.3, 0.4) is 0 Å². The molecule has 1 aliphatic rings. The summed E-state index contributed by atoms with van der Waals surface area (Å²) in [5, 5.41) is 15.8. The van der Waals surface area contributed by atoms with Gasteiger partial charge in [0, 0.05) is 25.3 Å². The molecule has 0 fully saturated rings. The first kappa shape index (κ1) is 14.3. The van der Waals surface area contributed by atoms with E-state index in [0.29, 0.717) is 6.54 Å². The van der Waals surface area contributed by atoms with Crippen LogP contribution in [0, 0.1) is 0 Å². The first-order valence-corrected chi connectivity index (χ1v) is 6.00. The van der Waals surface area contributed by atoms with E-state index in [1.165, 1.54) is 29.7 Å². The molecule has 0 aliphatic carbocycles. The van der Waals surface area contributed by atoms with Gasteiger partial charge in [-0.25, -0.2) is 0 Å². The summed E-state index contributed by atoms with van der Waals surface area (Å²) in [6, 6.07) is 6.57. The number of aryl methyl sites for hydroxylation is 1. The van der Waals surface area contributed by atoms with Gasteiger partial charge in [-0.3, -0.25) is 0 Å². The highest BCUT2D eigenvalue weighted by molar-refractivity contribution is 5.85. The Balaban J connectivity index is 0.00000144. The Morgan fingerprint density at radius 1 is 1.47 bits per heavy atom. The van der Waals surface area contributed by atoms with Crippen LogP contribution in [0.2, 0.25) is 0 Å². The molecule has 0 saturated heterocycles. The number of benzene rings is 1. The molecule has 2 rings (SSSR count). The topological polar surface area (TPSA) is 44.3 Å². The van der Waals surface area contributed by atoms with Crippen molar-refractivity contribution in [1.29, 1.82) is 0 Å². The molecule has 3 N–H and O–H groups in total. The van der Waals surface area contributed by atoms with E-state index in [0.717, 1.165) is 13.1 Å². The molecular formula is C13H21ClN2O. The van der Waals surface area contributed by atoms with E-state index in [9.17, 15) is 0 Å². The second kappa shape index (κ2) is 6.84. The molecule has 1 unspecified atom stereocenters. The van der Waals surface area contributed by atoms with E-state index >= 15 is 0 Å². The number of fused-ring (bicyclic) bond motifs is 1. The summed E-state index contributed by atoms with van der Waals surface area (Å²) >= 11 is 0. The minimum atomic E-state index is -0.278.